The predicted octanol–water partition coefficient (Wildman–Crippen LogP) is 5.13. The van der Waals surface area contributed by atoms with Gasteiger partial charge in [0.25, 0.3) is 0 Å². The Hall–Kier alpha value is -4.85. The van der Waals surface area contributed by atoms with Gasteiger partial charge in [0.05, 0.1) is 16.7 Å². The van der Waals surface area contributed by atoms with Gasteiger partial charge in [-0.15, -0.1) is 0 Å². The Morgan fingerprint density at radius 1 is 0.971 bits per heavy atom. The van der Waals surface area contributed by atoms with Crippen molar-refractivity contribution < 1.29 is 0 Å². The molecule has 4 aromatic heterocycles. The highest BCUT2D eigenvalue weighted by molar-refractivity contribution is 6.03. The van der Waals surface area contributed by atoms with Gasteiger partial charge in [-0.2, -0.15) is 5.10 Å². The molecular formula is C27H20N8. The van der Waals surface area contributed by atoms with Gasteiger partial charge < -0.3 is 5.73 Å². The van der Waals surface area contributed by atoms with Crippen molar-refractivity contribution in [2.75, 3.05) is 5.73 Å². The standard InChI is InChI=1S/C27H20N8/c1-14-15(2)27-33-25-19(26-31-13-32-34-26)10-17(16-6-8-30-23(28)12-16)11-22(25)35(27)21-7-9-29-20-5-3-4-18(14)24(20)21/h3-13,15H,1H2,2H3,(H2,28,30)(H,31,32,34). The largest absolute Gasteiger partial charge is 0.384 e. The molecule has 0 spiro atoms. The Labute approximate surface area is 200 Å². The number of hydrogen-bond acceptors (Lipinski definition) is 6. The summed E-state index contributed by atoms with van der Waals surface area (Å²) in [5.41, 5.74) is 14.7. The average molecular weight is 457 g/mol. The smallest absolute Gasteiger partial charge is 0.157 e. The lowest BCUT2D eigenvalue weighted by molar-refractivity contribution is 0.847. The third-order valence-corrected chi connectivity index (χ3v) is 6.81. The Morgan fingerprint density at radius 3 is 2.69 bits per heavy atom. The van der Waals surface area contributed by atoms with Crippen LogP contribution < -0.4 is 5.73 Å². The Morgan fingerprint density at radius 2 is 1.86 bits per heavy atom. The lowest BCUT2D eigenvalue weighted by Crippen LogP contribution is -2.03. The number of benzene rings is 2. The zero-order valence-corrected chi connectivity index (χ0v) is 18.9. The maximum absolute atomic E-state index is 6.02. The number of nitrogens with one attached hydrogen (secondary N) is 1. The van der Waals surface area contributed by atoms with Gasteiger partial charge in [-0.1, -0.05) is 25.6 Å². The number of H-pyrrole nitrogens is 1. The summed E-state index contributed by atoms with van der Waals surface area (Å²) >= 11 is 0. The molecule has 8 nitrogen and oxygen atoms in total. The van der Waals surface area contributed by atoms with Crippen molar-refractivity contribution in [3.8, 4) is 28.2 Å². The number of nitrogen functional groups attached to an aromatic ring is 1. The van der Waals surface area contributed by atoms with Crippen molar-refractivity contribution in [3.05, 3.63) is 85.2 Å². The van der Waals surface area contributed by atoms with Crippen molar-refractivity contribution in [1.29, 1.82) is 0 Å². The number of imidazole rings is 1. The summed E-state index contributed by atoms with van der Waals surface area (Å²) in [6, 6.07) is 16.3. The molecule has 1 unspecified atom stereocenters. The quantitative estimate of drug-likeness (QED) is 0.373. The van der Waals surface area contributed by atoms with Crippen molar-refractivity contribution in [2.24, 2.45) is 0 Å². The Balaban J connectivity index is 1.65. The molecule has 0 aliphatic carbocycles. The number of nitrogens with two attached hydrogens (primary N) is 1. The summed E-state index contributed by atoms with van der Waals surface area (Å²) in [6.45, 7) is 6.61. The van der Waals surface area contributed by atoms with E-state index in [1.54, 1.807) is 6.20 Å². The Bertz CT molecular complexity index is 1790. The number of rotatable bonds is 2. The van der Waals surface area contributed by atoms with Crippen molar-refractivity contribution in [2.45, 2.75) is 12.8 Å². The van der Waals surface area contributed by atoms with Crippen LogP contribution >= 0.6 is 0 Å². The third kappa shape index (κ3) is 2.77. The first kappa shape index (κ1) is 19.6. The van der Waals surface area contributed by atoms with Crippen LogP contribution in [-0.2, 0) is 0 Å². The summed E-state index contributed by atoms with van der Waals surface area (Å²) in [4.78, 5) is 18.4. The Kier molecular flexibility index (Phi) is 3.96. The molecule has 6 aromatic rings. The molecule has 1 aliphatic heterocycles. The zero-order chi connectivity index (χ0) is 23.7. The van der Waals surface area contributed by atoms with E-state index in [9.17, 15) is 0 Å². The van der Waals surface area contributed by atoms with E-state index in [-0.39, 0.29) is 5.92 Å². The van der Waals surface area contributed by atoms with E-state index in [2.05, 4.69) is 61.4 Å². The minimum atomic E-state index is -0.0111. The fraction of sp³-hybridized carbons (Fsp3) is 0.0741. The number of nitrogens with zero attached hydrogens (tertiary/aromatic N) is 6. The van der Waals surface area contributed by atoms with E-state index < -0.39 is 0 Å². The van der Waals surface area contributed by atoms with Gasteiger partial charge >= 0.3 is 0 Å². The van der Waals surface area contributed by atoms with Crippen molar-refractivity contribution in [1.82, 2.24) is 34.7 Å². The number of allylic oxidation sites excluding steroid dienone is 1. The van der Waals surface area contributed by atoms with Crippen LogP contribution in [0.3, 0.4) is 0 Å². The fourth-order valence-corrected chi connectivity index (χ4v) is 5.08. The maximum atomic E-state index is 6.02. The van der Waals surface area contributed by atoms with Crippen LogP contribution in [0.1, 0.15) is 24.2 Å². The SMILES string of the molecule is C=C1c2cccc3nccc(c23)-n2c(nc3c(-c4ncn[nH]4)cc(-c4ccnc(N)c4)cc32)C1C. The minimum absolute atomic E-state index is 0.0111. The third-order valence-electron chi connectivity index (χ3n) is 6.81. The normalized spacial score (nSPS) is 14.9. The molecule has 8 heteroatoms. The molecule has 5 heterocycles. The van der Waals surface area contributed by atoms with Gasteiger partial charge in [0.15, 0.2) is 5.82 Å². The van der Waals surface area contributed by atoms with Gasteiger partial charge in [-0.05, 0) is 58.7 Å². The van der Waals surface area contributed by atoms with Crippen LogP contribution in [0.15, 0.2) is 73.8 Å². The van der Waals surface area contributed by atoms with Crippen LogP contribution in [-0.4, -0.2) is 34.7 Å². The van der Waals surface area contributed by atoms with Gasteiger partial charge in [0, 0.05) is 29.3 Å². The molecular weight excluding hydrogens is 436 g/mol. The van der Waals surface area contributed by atoms with Gasteiger partial charge in [-0.3, -0.25) is 14.6 Å². The molecule has 0 amide bonds. The molecule has 35 heavy (non-hydrogen) atoms. The van der Waals surface area contributed by atoms with Crippen LogP contribution in [0.5, 0.6) is 0 Å². The molecule has 1 aliphatic rings. The number of fused-ring (bicyclic) bond motifs is 4. The first-order valence-electron chi connectivity index (χ1n) is 11.3. The van der Waals surface area contributed by atoms with Crippen LogP contribution in [0.2, 0.25) is 0 Å². The van der Waals surface area contributed by atoms with Gasteiger partial charge in [-0.25, -0.2) is 15.0 Å². The summed E-state index contributed by atoms with van der Waals surface area (Å²) in [5, 5.41) is 8.17. The first-order valence-corrected chi connectivity index (χ1v) is 11.3. The predicted molar refractivity (Wildman–Crippen MR) is 137 cm³/mol. The summed E-state index contributed by atoms with van der Waals surface area (Å²) in [7, 11) is 0. The van der Waals surface area contributed by atoms with E-state index in [0.717, 1.165) is 61.3 Å². The summed E-state index contributed by atoms with van der Waals surface area (Å²) in [5.74, 6) is 2.02. The molecule has 2 aromatic carbocycles. The second-order valence-electron chi connectivity index (χ2n) is 8.78. The second-order valence-corrected chi connectivity index (χ2v) is 8.78. The molecule has 7 rings (SSSR count). The number of hydrogen-bond donors (Lipinski definition) is 2. The second kappa shape index (κ2) is 7.07. The maximum Gasteiger partial charge on any atom is 0.157 e. The van der Waals surface area contributed by atoms with E-state index in [1.165, 1.54) is 6.33 Å². The van der Waals surface area contributed by atoms with Crippen molar-refractivity contribution in [3.63, 3.8) is 0 Å². The summed E-state index contributed by atoms with van der Waals surface area (Å²) in [6.07, 6.45) is 5.07. The van der Waals surface area contributed by atoms with Gasteiger partial charge in [0.1, 0.15) is 23.5 Å². The van der Waals surface area contributed by atoms with E-state index in [0.29, 0.717) is 11.6 Å². The number of aromatic nitrogens is 7. The van der Waals surface area contributed by atoms with Crippen LogP contribution in [0, 0.1) is 0 Å². The zero-order valence-electron chi connectivity index (χ0n) is 18.9. The molecule has 0 fully saturated rings. The molecule has 0 bridgehead atoms. The lowest BCUT2D eigenvalue weighted by Gasteiger charge is -2.12. The number of aromatic amines is 1. The lowest BCUT2D eigenvalue weighted by atomic mass is 9.93. The average Bonchev–Trinajstić information content (AvgIpc) is 3.53. The molecule has 1 atom stereocenters. The van der Waals surface area contributed by atoms with Gasteiger partial charge in [0.2, 0.25) is 0 Å². The highest BCUT2D eigenvalue weighted by Crippen LogP contribution is 2.44. The van der Waals surface area contributed by atoms with Crippen LogP contribution in [0.4, 0.5) is 5.82 Å². The molecule has 0 saturated carbocycles. The number of pyridine rings is 2. The topological polar surface area (TPSA) is 111 Å². The fourth-order valence-electron chi connectivity index (χ4n) is 5.08. The minimum Gasteiger partial charge on any atom is -0.384 e. The van der Waals surface area contributed by atoms with E-state index in [1.807, 2.05) is 36.5 Å². The molecule has 3 N–H and O–H groups in total. The first-order chi connectivity index (χ1) is 17.1. The number of anilines is 1. The molecule has 0 saturated heterocycles. The highest BCUT2D eigenvalue weighted by atomic mass is 15.2. The van der Waals surface area contributed by atoms with Crippen molar-refractivity contribution >= 4 is 33.3 Å². The van der Waals surface area contributed by atoms with E-state index in [4.69, 9.17) is 10.7 Å². The molecule has 168 valence electrons. The highest BCUT2D eigenvalue weighted by Gasteiger charge is 2.29. The van der Waals surface area contributed by atoms with Crippen LogP contribution in [0.25, 0.3) is 55.7 Å². The molecule has 0 radical (unpaired) electrons. The van der Waals surface area contributed by atoms with E-state index >= 15 is 0 Å². The monoisotopic (exact) mass is 456 g/mol. The summed E-state index contributed by atoms with van der Waals surface area (Å²) < 4.78 is 2.24.